The number of aliphatic carboxylic acids is 1. The lowest BCUT2D eigenvalue weighted by atomic mass is 10.2. The summed E-state index contributed by atoms with van der Waals surface area (Å²) in [4.78, 5) is 21.9. The first-order valence-electron chi connectivity index (χ1n) is 5.44. The van der Waals surface area contributed by atoms with E-state index >= 15 is 0 Å². The molecule has 1 aliphatic rings. The monoisotopic (exact) mass is 280 g/mol. The average molecular weight is 280 g/mol. The molecule has 0 spiro atoms. The molecular weight excluding hydrogens is 264 g/mol. The lowest BCUT2D eigenvalue weighted by Gasteiger charge is -2.19. The number of carboxylic acid groups (broad SMARTS) is 1. The Morgan fingerprint density at radius 2 is 1.94 bits per heavy atom. The molecule has 0 saturated carbocycles. The van der Waals surface area contributed by atoms with Gasteiger partial charge in [-0.3, -0.25) is 9.59 Å². The number of carbonyl (C=O) groups is 2. The Bertz CT molecular complexity index is 415. The van der Waals surface area contributed by atoms with Crippen LogP contribution in [0.4, 0.5) is 0 Å². The number of rotatable bonds is 6. The van der Waals surface area contributed by atoms with Crippen LogP contribution in [0.2, 0.25) is 0 Å². The summed E-state index contributed by atoms with van der Waals surface area (Å²) in [7, 11) is -2.76. The van der Waals surface area contributed by atoms with Gasteiger partial charge in [0.2, 0.25) is 0 Å². The summed E-state index contributed by atoms with van der Waals surface area (Å²) < 4.78 is 31.1. The minimum atomic E-state index is -3.86. The maximum atomic E-state index is 11.8. The standard InChI is InChI=1S/C9H16N2O6S/c1-17-8(12)6-7(9(13)14)10-18(15,16)11-4-2-3-5-11/h7,10H,2-6H2,1H3,(H,13,14)/t7-/m0/s1. The van der Waals surface area contributed by atoms with Crippen LogP contribution in [-0.4, -0.2) is 56.0 Å². The molecule has 0 aromatic rings. The molecule has 1 rings (SSSR count). The lowest BCUT2D eigenvalue weighted by molar-refractivity contribution is -0.147. The predicted molar refractivity (Wildman–Crippen MR) is 60.9 cm³/mol. The number of hydrogen-bond donors (Lipinski definition) is 2. The molecular formula is C9H16N2O6S. The van der Waals surface area contributed by atoms with Crippen LogP contribution in [-0.2, 0) is 24.5 Å². The van der Waals surface area contributed by atoms with Crippen molar-refractivity contribution in [2.45, 2.75) is 25.3 Å². The van der Waals surface area contributed by atoms with Crippen molar-refractivity contribution in [3.05, 3.63) is 0 Å². The first kappa shape index (κ1) is 14.9. The van der Waals surface area contributed by atoms with Crippen molar-refractivity contribution in [1.82, 2.24) is 9.03 Å². The number of nitrogens with one attached hydrogen (secondary N) is 1. The summed E-state index contributed by atoms with van der Waals surface area (Å²) in [5, 5.41) is 8.87. The van der Waals surface area contributed by atoms with Gasteiger partial charge in [-0.2, -0.15) is 17.4 Å². The van der Waals surface area contributed by atoms with Gasteiger partial charge in [-0.1, -0.05) is 0 Å². The number of ether oxygens (including phenoxy) is 1. The molecule has 2 N–H and O–H groups in total. The van der Waals surface area contributed by atoms with Crippen LogP contribution in [0.25, 0.3) is 0 Å². The molecule has 0 radical (unpaired) electrons. The largest absolute Gasteiger partial charge is 0.480 e. The van der Waals surface area contributed by atoms with Crippen LogP contribution in [0.1, 0.15) is 19.3 Å². The molecule has 0 aliphatic carbocycles. The molecule has 0 amide bonds. The van der Waals surface area contributed by atoms with Crippen molar-refractivity contribution in [2.75, 3.05) is 20.2 Å². The first-order valence-corrected chi connectivity index (χ1v) is 6.88. The Balaban J connectivity index is 2.70. The second-order valence-electron chi connectivity index (χ2n) is 3.90. The van der Waals surface area contributed by atoms with Crippen LogP contribution in [0.3, 0.4) is 0 Å². The predicted octanol–water partition coefficient (Wildman–Crippen LogP) is -1.07. The summed E-state index contributed by atoms with van der Waals surface area (Å²) in [5.74, 6) is -2.20. The van der Waals surface area contributed by atoms with Gasteiger partial charge in [0, 0.05) is 13.1 Å². The Hall–Kier alpha value is -1.19. The first-order chi connectivity index (χ1) is 8.36. The van der Waals surface area contributed by atoms with E-state index < -0.39 is 34.6 Å². The molecule has 18 heavy (non-hydrogen) atoms. The highest BCUT2D eigenvalue weighted by Crippen LogP contribution is 2.12. The minimum Gasteiger partial charge on any atom is -0.480 e. The molecule has 1 aliphatic heterocycles. The zero-order valence-corrected chi connectivity index (χ0v) is 10.8. The van der Waals surface area contributed by atoms with E-state index in [1.165, 1.54) is 4.31 Å². The van der Waals surface area contributed by atoms with Gasteiger partial charge in [0.25, 0.3) is 10.2 Å². The quantitative estimate of drug-likeness (QED) is 0.599. The molecule has 9 heteroatoms. The Labute approximate surface area is 105 Å². The van der Waals surface area contributed by atoms with Crippen LogP contribution in [0, 0.1) is 0 Å². The van der Waals surface area contributed by atoms with Crippen molar-refractivity contribution in [2.24, 2.45) is 0 Å². The molecule has 8 nitrogen and oxygen atoms in total. The van der Waals surface area contributed by atoms with E-state index in [4.69, 9.17) is 5.11 Å². The number of carbonyl (C=O) groups excluding carboxylic acids is 1. The summed E-state index contributed by atoms with van der Waals surface area (Å²) >= 11 is 0. The van der Waals surface area contributed by atoms with Crippen molar-refractivity contribution in [3.8, 4) is 0 Å². The summed E-state index contributed by atoms with van der Waals surface area (Å²) in [6, 6.07) is -1.51. The number of esters is 1. The Morgan fingerprint density at radius 3 is 2.39 bits per heavy atom. The van der Waals surface area contributed by atoms with Crippen molar-refractivity contribution in [1.29, 1.82) is 0 Å². The molecule has 0 aromatic heterocycles. The van der Waals surface area contributed by atoms with E-state index in [0.29, 0.717) is 13.1 Å². The fraction of sp³-hybridized carbons (Fsp3) is 0.778. The van der Waals surface area contributed by atoms with Gasteiger partial charge in [-0.25, -0.2) is 0 Å². The third-order valence-electron chi connectivity index (χ3n) is 2.59. The molecule has 104 valence electrons. The molecule has 1 atom stereocenters. The number of nitrogens with zero attached hydrogens (tertiary/aromatic N) is 1. The third kappa shape index (κ3) is 3.93. The van der Waals surface area contributed by atoms with E-state index in [2.05, 4.69) is 4.74 Å². The molecule has 0 bridgehead atoms. The van der Waals surface area contributed by atoms with Crippen molar-refractivity contribution >= 4 is 22.1 Å². The second-order valence-corrected chi connectivity index (χ2v) is 5.60. The highest BCUT2D eigenvalue weighted by molar-refractivity contribution is 7.87. The molecule has 0 aromatic carbocycles. The summed E-state index contributed by atoms with van der Waals surface area (Å²) in [6.07, 6.45) is 0.949. The lowest BCUT2D eigenvalue weighted by Crippen LogP contribution is -2.48. The maximum Gasteiger partial charge on any atom is 0.322 e. The van der Waals surface area contributed by atoms with E-state index in [9.17, 15) is 18.0 Å². The Kier molecular flexibility index (Phi) is 5.05. The molecule has 1 heterocycles. The number of carboxylic acids is 1. The van der Waals surface area contributed by atoms with Gasteiger partial charge in [0.05, 0.1) is 13.5 Å². The fourth-order valence-corrected chi connectivity index (χ4v) is 3.04. The van der Waals surface area contributed by atoms with Crippen molar-refractivity contribution < 1.29 is 27.9 Å². The highest BCUT2D eigenvalue weighted by atomic mass is 32.2. The topological polar surface area (TPSA) is 113 Å². The second kappa shape index (κ2) is 6.12. The number of hydrogen-bond acceptors (Lipinski definition) is 5. The van der Waals surface area contributed by atoms with E-state index in [0.717, 1.165) is 20.0 Å². The van der Waals surface area contributed by atoms with Gasteiger partial charge in [-0.15, -0.1) is 0 Å². The number of methoxy groups -OCH3 is 1. The van der Waals surface area contributed by atoms with E-state index in [1.807, 2.05) is 4.72 Å². The van der Waals surface area contributed by atoms with Crippen molar-refractivity contribution in [3.63, 3.8) is 0 Å². The zero-order valence-electron chi connectivity index (χ0n) is 9.96. The van der Waals surface area contributed by atoms with E-state index in [-0.39, 0.29) is 0 Å². The summed E-state index contributed by atoms with van der Waals surface area (Å²) in [6.45, 7) is 0.722. The smallest absolute Gasteiger partial charge is 0.322 e. The van der Waals surface area contributed by atoms with Crippen LogP contribution < -0.4 is 4.72 Å². The summed E-state index contributed by atoms with van der Waals surface area (Å²) in [5.41, 5.74) is 0. The minimum absolute atomic E-state index is 0.361. The normalized spacial score (nSPS) is 18.5. The van der Waals surface area contributed by atoms with Gasteiger partial charge < -0.3 is 9.84 Å². The molecule has 1 fully saturated rings. The van der Waals surface area contributed by atoms with Gasteiger partial charge in [0.1, 0.15) is 6.04 Å². The Morgan fingerprint density at radius 1 is 1.39 bits per heavy atom. The third-order valence-corrected chi connectivity index (χ3v) is 4.22. The van der Waals surface area contributed by atoms with Crippen LogP contribution >= 0.6 is 0 Å². The maximum absolute atomic E-state index is 11.8. The average Bonchev–Trinajstić information content (AvgIpc) is 2.81. The van der Waals surface area contributed by atoms with Crippen LogP contribution in [0.15, 0.2) is 0 Å². The van der Waals surface area contributed by atoms with Gasteiger partial charge in [-0.05, 0) is 12.8 Å². The van der Waals surface area contributed by atoms with Gasteiger partial charge in [0.15, 0.2) is 0 Å². The highest BCUT2D eigenvalue weighted by Gasteiger charge is 2.32. The zero-order chi connectivity index (χ0) is 13.8. The SMILES string of the molecule is COC(=O)C[C@H](NS(=O)(=O)N1CCCC1)C(=O)O. The van der Waals surface area contributed by atoms with Crippen LogP contribution in [0.5, 0.6) is 0 Å². The van der Waals surface area contributed by atoms with Gasteiger partial charge >= 0.3 is 11.9 Å². The van der Waals surface area contributed by atoms with E-state index in [1.54, 1.807) is 0 Å². The molecule has 0 unspecified atom stereocenters. The molecule has 1 saturated heterocycles. The fourth-order valence-electron chi connectivity index (χ4n) is 1.61.